The SMILES string of the molecule is Cc1c(C(NC(=O)Nc2cnc(N)nc2)C(C)(C)C)oc2ccc(F)cc12. The number of aryl methyl sites for hydroxylation is 1. The number of carbonyl (C=O) groups excluding carboxylic acids is 1. The Labute approximate surface area is 156 Å². The summed E-state index contributed by atoms with van der Waals surface area (Å²) < 4.78 is 19.6. The Balaban J connectivity index is 1.89. The molecule has 7 nitrogen and oxygen atoms in total. The third kappa shape index (κ3) is 3.99. The molecule has 0 fully saturated rings. The molecule has 1 unspecified atom stereocenters. The normalized spacial score (nSPS) is 12.8. The van der Waals surface area contributed by atoms with Crippen LogP contribution in [0.4, 0.5) is 20.8 Å². The van der Waals surface area contributed by atoms with Crippen molar-refractivity contribution in [2.24, 2.45) is 5.41 Å². The molecule has 27 heavy (non-hydrogen) atoms. The van der Waals surface area contributed by atoms with Gasteiger partial charge >= 0.3 is 6.03 Å². The Hall–Kier alpha value is -3.16. The molecule has 1 aromatic carbocycles. The van der Waals surface area contributed by atoms with Crippen molar-refractivity contribution in [2.45, 2.75) is 33.7 Å². The second kappa shape index (κ2) is 6.86. The predicted molar refractivity (Wildman–Crippen MR) is 102 cm³/mol. The van der Waals surface area contributed by atoms with Crippen molar-refractivity contribution in [3.8, 4) is 0 Å². The van der Waals surface area contributed by atoms with Crippen LogP contribution in [0.25, 0.3) is 11.0 Å². The topological polar surface area (TPSA) is 106 Å². The Kier molecular flexibility index (Phi) is 4.73. The number of hydrogen-bond donors (Lipinski definition) is 3. The maximum atomic E-state index is 13.6. The number of fused-ring (bicyclic) bond motifs is 1. The summed E-state index contributed by atoms with van der Waals surface area (Å²) in [4.78, 5) is 20.2. The van der Waals surface area contributed by atoms with Gasteiger partial charge in [-0.15, -0.1) is 0 Å². The number of benzene rings is 1. The number of carbonyl (C=O) groups is 1. The minimum atomic E-state index is -0.442. The van der Waals surface area contributed by atoms with Gasteiger partial charge in [0.05, 0.1) is 24.1 Å². The third-order valence-electron chi connectivity index (χ3n) is 4.27. The molecule has 2 heterocycles. The fraction of sp³-hybridized carbons (Fsp3) is 0.316. The molecule has 8 heteroatoms. The summed E-state index contributed by atoms with van der Waals surface area (Å²) in [5, 5.41) is 6.29. The average molecular weight is 371 g/mol. The smallest absolute Gasteiger partial charge is 0.319 e. The first kappa shape index (κ1) is 18.6. The van der Waals surface area contributed by atoms with E-state index in [-0.39, 0.29) is 17.2 Å². The van der Waals surface area contributed by atoms with Gasteiger partial charge in [-0.1, -0.05) is 20.8 Å². The average Bonchev–Trinajstić information content (AvgIpc) is 2.90. The molecule has 142 valence electrons. The van der Waals surface area contributed by atoms with Crippen molar-refractivity contribution in [1.29, 1.82) is 0 Å². The minimum Gasteiger partial charge on any atom is -0.459 e. The van der Waals surface area contributed by atoms with Gasteiger partial charge in [0.25, 0.3) is 0 Å². The van der Waals surface area contributed by atoms with Crippen LogP contribution in [-0.4, -0.2) is 16.0 Å². The molecule has 0 spiro atoms. The van der Waals surface area contributed by atoms with Gasteiger partial charge in [0.1, 0.15) is 17.2 Å². The van der Waals surface area contributed by atoms with Crippen LogP contribution in [0.5, 0.6) is 0 Å². The first-order chi connectivity index (χ1) is 12.6. The minimum absolute atomic E-state index is 0.124. The van der Waals surface area contributed by atoms with E-state index < -0.39 is 12.1 Å². The standard InChI is InChI=1S/C19H22FN5O2/c1-10-13-7-11(20)5-6-14(13)27-15(10)16(19(2,3)4)25-18(26)24-12-8-22-17(21)23-9-12/h5-9,16H,1-4H3,(H2,21,22,23)(H2,24,25,26). The van der Waals surface area contributed by atoms with Crippen LogP contribution in [0.3, 0.4) is 0 Å². The highest BCUT2D eigenvalue weighted by Crippen LogP contribution is 2.38. The van der Waals surface area contributed by atoms with Gasteiger partial charge in [-0.3, -0.25) is 0 Å². The highest BCUT2D eigenvalue weighted by molar-refractivity contribution is 5.89. The van der Waals surface area contributed by atoms with Gasteiger partial charge in [0, 0.05) is 10.9 Å². The molecule has 0 saturated heterocycles. The summed E-state index contributed by atoms with van der Waals surface area (Å²) in [6.45, 7) is 7.80. The van der Waals surface area contributed by atoms with Crippen LogP contribution in [0.1, 0.15) is 38.1 Å². The van der Waals surface area contributed by atoms with Gasteiger partial charge in [-0.25, -0.2) is 19.2 Å². The zero-order chi connectivity index (χ0) is 19.8. The van der Waals surface area contributed by atoms with E-state index in [0.29, 0.717) is 22.4 Å². The molecule has 0 saturated carbocycles. The molecule has 2 aromatic heterocycles. The monoisotopic (exact) mass is 371 g/mol. The summed E-state index contributed by atoms with van der Waals surface area (Å²) in [6.07, 6.45) is 2.84. The second-order valence-electron chi connectivity index (χ2n) is 7.46. The van der Waals surface area contributed by atoms with Crippen LogP contribution >= 0.6 is 0 Å². The number of nitrogens with zero attached hydrogens (tertiary/aromatic N) is 2. The van der Waals surface area contributed by atoms with Gasteiger partial charge < -0.3 is 20.8 Å². The number of nitrogen functional groups attached to an aromatic ring is 1. The zero-order valence-electron chi connectivity index (χ0n) is 15.6. The Morgan fingerprint density at radius 1 is 1.26 bits per heavy atom. The van der Waals surface area contributed by atoms with Crippen molar-refractivity contribution in [1.82, 2.24) is 15.3 Å². The molecule has 1 atom stereocenters. The van der Waals surface area contributed by atoms with E-state index in [4.69, 9.17) is 10.2 Å². The van der Waals surface area contributed by atoms with Crippen LogP contribution < -0.4 is 16.4 Å². The number of halogens is 1. The van der Waals surface area contributed by atoms with E-state index in [2.05, 4.69) is 20.6 Å². The number of anilines is 2. The second-order valence-corrected chi connectivity index (χ2v) is 7.46. The van der Waals surface area contributed by atoms with E-state index in [9.17, 15) is 9.18 Å². The summed E-state index contributed by atoms with van der Waals surface area (Å²) >= 11 is 0. The molecule has 4 N–H and O–H groups in total. The number of urea groups is 1. The number of furan rings is 1. The number of aromatic nitrogens is 2. The number of amides is 2. The highest BCUT2D eigenvalue weighted by Gasteiger charge is 2.32. The summed E-state index contributed by atoms with van der Waals surface area (Å²) in [5.41, 5.74) is 6.87. The van der Waals surface area contributed by atoms with Crippen LogP contribution in [0.15, 0.2) is 35.0 Å². The Morgan fingerprint density at radius 2 is 1.93 bits per heavy atom. The molecule has 2 amide bonds. The third-order valence-corrected chi connectivity index (χ3v) is 4.27. The lowest BCUT2D eigenvalue weighted by molar-refractivity contribution is 0.217. The molecule has 0 aliphatic rings. The quantitative estimate of drug-likeness (QED) is 0.641. The van der Waals surface area contributed by atoms with E-state index in [1.54, 1.807) is 6.07 Å². The lowest BCUT2D eigenvalue weighted by Crippen LogP contribution is -2.39. The lowest BCUT2D eigenvalue weighted by Gasteiger charge is -2.30. The van der Waals surface area contributed by atoms with Crippen molar-refractivity contribution >= 4 is 28.6 Å². The maximum Gasteiger partial charge on any atom is 0.319 e. The number of rotatable bonds is 3. The van der Waals surface area contributed by atoms with Gasteiger partial charge in [-0.05, 0) is 30.5 Å². The van der Waals surface area contributed by atoms with Crippen molar-refractivity contribution < 1.29 is 13.6 Å². The van der Waals surface area contributed by atoms with E-state index in [1.165, 1.54) is 24.5 Å². The van der Waals surface area contributed by atoms with E-state index in [1.807, 2.05) is 27.7 Å². The lowest BCUT2D eigenvalue weighted by atomic mass is 9.84. The molecular formula is C19H22FN5O2. The summed E-state index contributed by atoms with van der Waals surface area (Å²) in [6, 6.07) is 3.50. The zero-order valence-corrected chi connectivity index (χ0v) is 15.6. The fourth-order valence-corrected chi connectivity index (χ4v) is 2.86. The summed E-state index contributed by atoms with van der Waals surface area (Å²) in [5.74, 6) is 0.379. The number of nitrogens with two attached hydrogens (primary N) is 1. The maximum absolute atomic E-state index is 13.6. The number of nitrogens with one attached hydrogen (secondary N) is 2. The number of hydrogen-bond acceptors (Lipinski definition) is 5. The van der Waals surface area contributed by atoms with Gasteiger partial charge in [-0.2, -0.15) is 0 Å². The van der Waals surface area contributed by atoms with Crippen molar-refractivity contribution in [3.05, 3.63) is 47.7 Å². The van der Waals surface area contributed by atoms with Crippen LogP contribution in [-0.2, 0) is 0 Å². The molecule has 0 aliphatic carbocycles. The van der Waals surface area contributed by atoms with Crippen LogP contribution in [0.2, 0.25) is 0 Å². The molecular weight excluding hydrogens is 349 g/mol. The Bertz CT molecular complexity index is 976. The first-order valence-corrected chi connectivity index (χ1v) is 8.49. The summed E-state index contributed by atoms with van der Waals surface area (Å²) in [7, 11) is 0. The Morgan fingerprint density at radius 3 is 2.56 bits per heavy atom. The van der Waals surface area contributed by atoms with Crippen molar-refractivity contribution in [2.75, 3.05) is 11.1 Å². The molecule has 3 aromatic rings. The van der Waals surface area contributed by atoms with Crippen molar-refractivity contribution in [3.63, 3.8) is 0 Å². The largest absolute Gasteiger partial charge is 0.459 e. The molecule has 3 rings (SSSR count). The van der Waals surface area contributed by atoms with Gasteiger partial charge in [0.2, 0.25) is 5.95 Å². The van der Waals surface area contributed by atoms with E-state index >= 15 is 0 Å². The van der Waals surface area contributed by atoms with Crippen LogP contribution in [0, 0.1) is 18.2 Å². The molecule has 0 bridgehead atoms. The molecule has 0 radical (unpaired) electrons. The van der Waals surface area contributed by atoms with Gasteiger partial charge in [0.15, 0.2) is 0 Å². The van der Waals surface area contributed by atoms with E-state index in [0.717, 1.165) is 5.56 Å². The molecule has 0 aliphatic heterocycles. The highest BCUT2D eigenvalue weighted by atomic mass is 19.1. The first-order valence-electron chi connectivity index (χ1n) is 8.49. The fourth-order valence-electron chi connectivity index (χ4n) is 2.86. The predicted octanol–water partition coefficient (Wildman–Crippen LogP) is 4.16.